The number of rotatable bonds is 8. The van der Waals surface area contributed by atoms with Gasteiger partial charge in [0.1, 0.15) is 5.75 Å². The lowest BCUT2D eigenvalue weighted by Crippen LogP contribution is -2.36. The van der Waals surface area contributed by atoms with Gasteiger partial charge in [0.2, 0.25) is 0 Å². The van der Waals surface area contributed by atoms with Crippen LogP contribution in [0.5, 0.6) is 5.75 Å². The van der Waals surface area contributed by atoms with E-state index in [0.717, 1.165) is 5.75 Å². The van der Waals surface area contributed by atoms with Crippen LogP contribution in [0.2, 0.25) is 0 Å². The van der Waals surface area contributed by atoms with E-state index in [1.54, 1.807) is 11.3 Å². The molecule has 1 aromatic carbocycles. The summed E-state index contributed by atoms with van der Waals surface area (Å²) in [6, 6.07) is 10.2. The van der Waals surface area contributed by atoms with E-state index < -0.39 is 0 Å². The van der Waals surface area contributed by atoms with Crippen molar-refractivity contribution in [3.63, 3.8) is 0 Å². The maximum Gasteiger partial charge on any atom is 0.258 e. The van der Waals surface area contributed by atoms with E-state index >= 15 is 0 Å². The van der Waals surface area contributed by atoms with Crippen molar-refractivity contribution in [1.82, 2.24) is 10.2 Å². The highest BCUT2D eigenvalue weighted by Crippen LogP contribution is 2.20. The SMILES string of the molecule is CC(C)c1ccc(OCC(=O)NCC(c2ccsc2)N(C)C)cc1. The summed E-state index contributed by atoms with van der Waals surface area (Å²) < 4.78 is 5.56. The van der Waals surface area contributed by atoms with Gasteiger partial charge in [-0.05, 0) is 60.1 Å². The molecule has 0 aliphatic rings. The maximum absolute atomic E-state index is 12.0. The molecule has 0 aliphatic heterocycles. The fourth-order valence-electron chi connectivity index (χ4n) is 2.42. The lowest BCUT2D eigenvalue weighted by molar-refractivity contribution is -0.123. The van der Waals surface area contributed by atoms with E-state index in [1.165, 1.54) is 11.1 Å². The van der Waals surface area contributed by atoms with Gasteiger partial charge in [-0.15, -0.1) is 0 Å². The molecule has 1 atom stereocenters. The Hall–Kier alpha value is -1.85. The third-order valence-corrected chi connectivity index (χ3v) is 4.66. The molecule has 1 aromatic heterocycles. The van der Waals surface area contributed by atoms with Crippen LogP contribution < -0.4 is 10.1 Å². The molecule has 1 unspecified atom stereocenters. The minimum absolute atomic E-state index is 0.0326. The molecule has 0 aliphatic carbocycles. The van der Waals surface area contributed by atoms with Crippen LogP contribution in [0, 0.1) is 0 Å². The van der Waals surface area contributed by atoms with E-state index in [0.29, 0.717) is 12.5 Å². The lowest BCUT2D eigenvalue weighted by Gasteiger charge is -2.24. The Kier molecular flexibility index (Phi) is 6.82. The Morgan fingerprint density at radius 2 is 1.88 bits per heavy atom. The number of amides is 1. The van der Waals surface area contributed by atoms with Crippen molar-refractivity contribution >= 4 is 17.2 Å². The first-order chi connectivity index (χ1) is 11.5. The van der Waals surface area contributed by atoms with Crippen molar-refractivity contribution in [2.45, 2.75) is 25.8 Å². The summed E-state index contributed by atoms with van der Waals surface area (Å²) >= 11 is 1.67. The van der Waals surface area contributed by atoms with Gasteiger partial charge in [0.25, 0.3) is 5.91 Å². The number of carbonyl (C=O) groups is 1. The Labute approximate surface area is 148 Å². The van der Waals surface area contributed by atoms with Crippen LogP contribution in [0.25, 0.3) is 0 Å². The van der Waals surface area contributed by atoms with E-state index in [4.69, 9.17) is 4.74 Å². The predicted molar refractivity (Wildman–Crippen MR) is 99.8 cm³/mol. The molecule has 0 saturated carbocycles. The average Bonchev–Trinajstić information content (AvgIpc) is 3.07. The second-order valence-corrected chi connectivity index (χ2v) is 7.13. The highest BCUT2D eigenvalue weighted by Gasteiger charge is 2.15. The van der Waals surface area contributed by atoms with E-state index in [9.17, 15) is 4.79 Å². The van der Waals surface area contributed by atoms with Crippen molar-refractivity contribution in [1.29, 1.82) is 0 Å². The smallest absolute Gasteiger partial charge is 0.258 e. The number of nitrogens with one attached hydrogen (secondary N) is 1. The summed E-state index contributed by atoms with van der Waals surface area (Å²) in [6.45, 7) is 4.90. The molecule has 130 valence electrons. The van der Waals surface area contributed by atoms with Gasteiger partial charge in [0.05, 0.1) is 6.04 Å². The molecule has 1 heterocycles. The van der Waals surface area contributed by atoms with Crippen LogP contribution in [0.3, 0.4) is 0 Å². The second kappa shape index (κ2) is 8.85. The number of ether oxygens (including phenoxy) is 1. The van der Waals surface area contributed by atoms with E-state index in [-0.39, 0.29) is 18.6 Å². The number of carbonyl (C=O) groups excluding carboxylic acids is 1. The molecular weight excluding hydrogens is 320 g/mol. The Bertz CT molecular complexity index is 621. The molecule has 4 nitrogen and oxygen atoms in total. The molecule has 2 aromatic rings. The van der Waals surface area contributed by atoms with Gasteiger partial charge in [-0.1, -0.05) is 26.0 Å². The Balaban J connectivity index is 1.80. The second-order valence-electron chi connectivity index (χ2n) is 6.35. The van der Waals surface area contributed by atoms with Crippen LogP contribution in [0.1, 0.15) is 36.9 Å². The van der Waals surface area contributed by atoms with Gasteiger partial charge in [-0.2, -0.15) is 11.3 Å². The fraction of sp³-hybridized carbons (Fsp3) is 0.421. The zero-order valence-corrected chi connectivity index (χ0v) is 15.6. The number of benzene rings is 1. The van der Waals surface area contributed by atoms with Crippen LogP contribution >= 0.6 is 11.3 Å². The van der Waals surface area contributed by atoms with Crippen molar-refractivity contribution in [3.05, 3.63) is 52.2 Å². The largest absolute Gasteiger partial charge is 0.484 e. The van der Waals surface area contributed by atoms with Crippen molar-refractivity contribution in [3.8, 4) is 5.75 Å². The summed E-state index contributed by atoms with van der Waals surface area (Å²) in [7, 11) is 4.03. The Morgan fingerprint density at radius 3 is 2.42 bits per heavy atom. The first-order valence-corrected chi connectivity index (χ1v) is 9.09. The number of likely N-dealkylation sites (N-methyl/N-ethyl adjacent to an activating group) is 1. The standard InChI is InChI=1S/C19H26N2O2S/c1-14(2)15-5-7-17(8-6-15)23-12-19(22)20-11-18(21(3)4)16-9-10-24-13-16/h5-10,13-14,18H,11-12H2,1-4H3,(H,20,22). The van der Waals surface area contributed by atoms with Crippen LogP contribution in [-0.4, -0.2) is 38.1 Å². The number of thiophene rings is 1. The van der Waals surface area contributed by atoms with Crippen molar-refractivity contribution in [2.75, 3.05) is 27.2 Å². The molecular formula is C19H26N2O2S. The van der Waals surface area contributed by atoms with E-state index in [1.807, 2.05) is 38.4 Å². The molecule has 24 heavy (non-hydrogen) atoms. The van der Waals surface area contributed by atoms with Gasteiger partial charge < -0.3 is 15.0 Å². The van der Waals surface area contributed by atoms with Gasteiger partial charge in [-0.3, -0.25) is 4.79 Å². The molecule has 1 amide bonds. The Morgan fingerprint density at radius 1 is 1.17 bits per heavy atom. The molecule has 0 fully saturated rings. The predicted octanol–water partition coefficient (Wildman–Crippen LogP) is 3.67. The third-order valence-electron chi connectivity index (χ3n) is 3.96. The minimum Gasteiger partial charge on any atom is -0.484 e. The summed E-state index contributed by atoms with van der Waals surface area (Å²) in [5.74, 6) is 1.10. The molecule has 0 bridgehead atoms. The summed E-state index contributed by atoms with van der Waals surface area (Å²) in [6.07, 6.45) is 0. The minimum atomic E-state index is -0.106. The number of nitrogens with zero attached hydrogens (tertiary/aromatic N) is 1. The summed E-state index contributed by atoms with van der Waals surface area (Å²) in [4.78, 5) is 14.1. The van der Waals surface area contributed by atoms with Crippen LogP contribution in [-0.2, 0) is 4.79 Å². The molecule has 2 rings (SSSR count). The average molecular weight is 346 g/mol. The molecule has 5 heteroatoms. The van der Waals surface area contributed by atoms with Crippen LogP contribution in [0.15, 0.2) is 41.1 Å². The molecule has 0 radical (unpaired) electrons. The molecule has 1 N–H and O–H groups in total. The quantitative estimate of drug-likeness (QED) is 0.793. The first-order valence-electron chi connectivity index (χ1n) is 8.15. The summed E-state index contributed by atoms with van der Waals surface area (Å²) in [5.41, 5.74) is 2.48. The van der Waals surface area contributed by atoms with Crippen LogP contribution in [0.4, 0.5) is 0 Å². The zero-order chi connectivity index (χ0) is 17.5. The van der Waals surface area contributed by atoms with Gasteiger partial charge >= 0.3 is 0 Å². The monoisotopic (exact) mass is 346 g/mol. The third kappa shape index (κ3) is 5.35. The fourth-order valence-corrected chi connectivity index (χ4v) is 3.13. The molecule has 0 saturated heterocycles. The lowest BCUT2D eigenvalue weighted by atomic mass is 10.0. The zero-order valence-electron chi connectivity index (χ0n) is 14.8. The van der Waals surface area contributed by atoms with Crippen molar-refractivity contribution < 1.29 is 9.53 Å². The topological polar surface area (TPSA) is 41.6 Å². The van der Waals surface area contributed by atoms with Gasteiger partial charge in [0.15, 0.2) is 6.61 Å². The van der Waals surface area contributed by atoms with Gasteiger partial charge in [0, 0.05) is 6.54 Å². The number of hydrogen-bond donors (Lipinski definition) is 1. The van der Waals surface area contributed by atoms with Crippen molar-refractivity contribution in [2.24, 2.45) is 0 Å². The summed E-state index contributed by atoms with van der Waals surface area (Å²) in [5, 5.41) is 7.12. The normalized spacial score (nSPS) is 12.4. The van der Waals surface area contributed by atoms with E-state index in [2.05, 4.69) is 40.9 Å². The first kappa shape index (κ1) is 18.5. The maximum atomic E-state index is 12.0. The highest BCUT2D eigenvalue weighted by atomic mass is 32.1. The molecule has 0 spiro atoms. The number of hydrogen-bond acceptors (Lipinski definition) is 4. The van der Waals surface area contributed by atoms with Gasteiger partial charge in [-0.25, -0.2) is 0 Å². The highest BCUT2D eigenvalue weighted by molar-refractivity contribution is 7.07.